The monoisotopic (exact) mass is 653 g/mol. The lowest BCUT2D eigenvalue weighted by Crippen LogP contribution is -2.52. The minimum Gasteiger partial charge on any atom is -0.444 e. The van der Waals surface area contributed by atoms with Gasteiger partial charge in [0.05, 0.1) is 11.2 Å². The fourth-order valence-electron chi connectivity index (χ4n) is 6.91. The van der Waals surface area contributed by atoms with Gasteiger partial charge in [-0.2, -0.15) is 0 Å². The Morgan fingerprint density at radius 3 is 2.12 bits per heavy atom. The van der Waals surface area contributed by atoms with E-state index >= 15 is 0 Å². The number of oxazole rings is 1. The third-order valence-electron chi connectivity index (χ3n) is 9.71. The van der Waals surface area contributed by atoms with Gasteiger partial charge < -0.3 is 19.4 Å². The van der Waals surface area contributed by atoms with Gasteiger partial charge in [0.2, 0.25) is 0 Å². The number of ether oxygens (including phenoxy) is 1. The first-order chi connectivity index (χ1) is 23.6. The smallest absolute Gasteiger partial charge is 0.422 e. The van der Waals surface area contributed by atoms with Crippen molar-refractivity contribution in [2.24, 2.45) is 0 Å². The molecule has 1 N–H and O–H groups in total. The zero-order valence-electron chi connectivity index (χ0n) is 29.0. The first-order valence-electron chi connectivity index (χ1n) is 18.5. The number of hydrogen-bond donors (Lipinski definition) is 1. The lowest BCUT2D eigenvalue weighted by molar-refractivity contribution is -0.147. The maximum atomic E-state index is 13.0. The van der Waals surface area contributed by atoms with E-state index in [1.54, 1.807) is 0 Å². The second-order valence-electron chi connectivity index (χ2n) is 13.4. The number of nitrogens with zero attached hydrogens (tertiary/aromatic N) is 2. The number of hydrogen-bond acceptors (Lipinski definition) is 6. The Morgan fingerprint density at radius 1 is 0.792 bits per heavy atom. The summed E-state index contributed by atoms with van der Waals surface area (Å²) < 4.78 is 12.8. The van der Waals surface area contributed by atoms with Gasteiger partial charge in [-0.25, -0.2) is 9.36 Å². The minimum atomic E-state index is -0.505. The molecule has 0 saturated carbocycles. The van der Waals surface area contributed by atoms with Gasteiger partial charge >= 0.3 is 11.7 Å². The highest BCUT2D eigenvalue weighted by Gasteiger charge is 2.26. The summed E-state index contributed by atoms with van der Waals surface area (Å²) in [5, 5.41) is 3.54. The number of anilines is 1. The molecule has 0 spiro atoms. The highest BCUT2D eigenvalue weighted by Crippen LogP contribution is 2.30. The van der Waals surface area contributed by atoms with E-state index in [-0.39, 0.29) is 18.7 Å². The van der Waals surface area contributed by atoms with Crippen molar-refractivity contribution in [2.45, 2.75) is 116 Å². The van der Waals surface area contributed by atoms with Gasteiger partial charge in [-0.15, -0.1) is 0 Å². The summed E-state index contributed by atoms with van der Waals surface area (Å²) in [7, 11) is 0. The summed E-state index contributed by atoms with van der Waals surface area (Å²) in [6.07, 6.45) is 17.7. The molecule has 0 aliphatic carbocycles. The van der Waals surface area contributed by atoms with E-state index in [0.717, 1.165) is 51.0 Å². The Labute approximate surface area is 286 Å². The largest absolute Gasteiger partial charge is 0.444 e. The number of carbonyl (C=O) groups excluding carboxylic acids is 1. The number of nitrogens with one attached hydrogen (secondary N) is 1. The fraction of sp³-hybridized carbons (Fsp3) is 0.512. The molecule has 7 nitrogen and oxygen atoms in total. The van der Waals surface area contributed by atoms with Crippen molar-refractivity contribution in [1.82, 2.24) is 9.88 Å². The predicted octanol–water partition coefficient (Wildman–Crippen LogP) is 9.26. The zero-order valence-corrected chi connectivity index (χ0v) is 29.0. The molecule has 1 atom stereocenters. The van der Waals surface area contributed by atoms with Gasteiger partial charge in [-0.3, -0.25) is 4.79 Å². The maximum Gasteiger partial charge on any atom is 0.422 e. The molecule has 4 aromatic rings. The van der Waals surface area contributed by atoms with E-state index in [9.17, 15) is 9.59 Å². The summed E-state index contributed by atoms with van der Waals surface area (Å²) in [6.45, 7) is 4.61. The Balaban J connectivity index is 1.08. The SMILES string of the molecule is CCCCCCCCCCCCCCCC(=O)OCn1c(=O)oc2c(N3CCNCC3Cc3ccc(-c4ccccc4)cc3)cccc21. The second-order valence-corrected chi connectivity index (χ2v) is 13.4. The molecule has 0 radical (unpaired) electrons. The number of benzene rings is 3. The standard InChI is InChI=1S/C41H55N3O4/c1-2-3-4-5-6-7-8-9-10-11-12-13-17-23-39(45)47-32-44-38-22-18-21-37(40(38)48-41(44)46)43-29-28-42-31-36(43)30-33-24-26-35(27-25-33)34-19-15-14-16-20-34/h14-16,18-22,24-27,36,42H,2-13,17,23,28-32H2,1H3. The molecule has 258 valence electrons. The lowest BCUT2D eigenvalue weighted by Gasteiger charge is -2.38. The molecule has 1 aliphatic rings. The van der Waals surface area contributed by atoms with Crippen LogP contribution in [0, 0.1) is 0 Å². The second kappa shape index (κ2) is 19.2. The van der Waals surface area contributed by atoms with Crippen LogP contribution in [-0.4, -0.2) is 36.2 Å². The number of para-hydroxylation sites is 1. The van der Waals surface area contributed by atoms with Crippen LogP contribution in [0.5, 0.6) is 0 Å². The molecule has 48 heavy (non-hydrogen) atoms. The summed E-state index contributed by atoms with van der Waals surface area (Å²) >= 11 is 0. The number of carbonyl (C=O) groups is 1. The summed E-state index contributed by atoms with van der Waals surface area (Å²) in [5.41, 5.74) is 5.76. The first kappa shape index (κ1) is 35.5. The maximum absolute atomic E-state index is 13.0. The van der Waals surface area contributed by atoms with Crippen molar-refractivity contribution in [3.05, 3.63) is 88.9 Å². The van der Waals surface area contributed by atoms with Crippen LogP contribution in [0.15, 0.2) is 82.0 Å². The van der Waals surface area contributed by atoms with Gasteiger partial charge in [-0.05, 0) is 41.7 Å². The van der Waals surface area contributed by atoms with Crippen LogP contribution in [-0.2, 0) is 22.7 Å². The van der Waals surface area contributed by atoms with E-state index in [2.05, 4.69) is 65.7 Å². The summed E-state index contributed by atoms with van der Waals surface area (Å²) in [5.74, 6) is -0.773. The van der Waals surface area contributed by atoms with E-state index in [4.69, 9.17) is 9.15 Å². The van der Waals surface area contributed by atoms with Crippen LogP contribution in [0.3, 0.4) is 0 Å². The lowest BCUT2D eigenvalue weighted by atomic mass is 9.98. The normalized spacial score (nSPS) is 14.9. The molecule has 1 saturated heterocycles. The number of rotatable bonds is 20. The molecule has 7 heteroatoms. The van der Waals surface area contributed by atoms with E-state index in [0.29, 0.717) is 17.5 Å². The van der Waals surface area contributed by atoms with Gasteiger partial charge in [-0.1, -0.05) is 145 Å². The Hall–Kier alpha value is -3.84. The molecule has 1 fully saturated rings. The molecule has 0 amide bonds. The first-order valence-corrected chi connectivity index (χ1v) is 18.5. The van der Waals surface area contributed by atoms with Gasteiger partial charge in [0.15, 0.2) is 12.3 Å². The Morgan fingerprint density at radius 2 is 1.44 bits per heavy atom. The molecular formula is C41H55N3O4. The average Bonchev–Trinajstić information content (AvgIpc) is 3.45. The summed E-state index contributed by atoms with van der Waals surface area (Å²) in [6, 6.07) is 25.2. The summed E-state index contributed by atoms with van der Waals surface area (Å²) in [4.78, 5) is 27.8. The van der Waals surface area contributed by atoms with Gasteiger partial charge in [0.1, 0.15) is 0 Å². The zero-order chi connectivity index (χ0) is 33.4. The number of piperazine rings is 1. The van der Waals surface area contributed by atoms with Crippen LogP contribution in [0.2, 0.25) is 0 Å². The topological polar surface area (TPSA) is 76.7 Å². The third-order valence-corrected chi connectivity index (χ3v) is 9.71. The molecule has 5 rings (SSSR count). The van der Waals surface area contributed by atoms with Crippen LogP contribution in [0.25, 0.3) is 22.2 Å². The van der Waals surface area contributed by atoms with E-state index in [1.165, 1.54) is 85.5 Å². The highest BCUT2D eigenvalue weighted by molar-refractivity contribution is 5.87. The molecule has 0 bridgehead atoms. The van der Waals surface area contributed by atoms with Crippen molar-refractivity contribution in [2.75, 3.05) is 24.5 Å². The average molecular weight is 654 g/mol. The van der Waals surface area contributed by atoms with Crippen LogP contribution < -0.4 is 16.0 Å². The molecule has 1 aromatic heterocycles. The van der Waals surface area contributed by atoms with Gasteiger partial charge in [0.25, 0.3) is 0 Å². The van der Waals surface area contributed by atoms with E-state index < -0.39 is 5.76 Å². The van der Waals surface area contributed by atoms with Crippen molar-refractivity contribution in [3.63, 3.8) is 0 Å². The number of aromatic nitrogens is 1. The fourth-order valence-corrected chi connectivity index (χ4v) is 6.91. The molecule has 1 unspecified atom stereocenters. The number of fused-ring (bicyclic) bond motifs is 1. The molecule has 3 aromatic carbocycles. The number of unbranched alkanes of at least 4 members (excludes halogenated alkanes) is 12. The van der Waals surface area contributed by atoms with Crippen LogP contribution >= 0.6 is 0 Å². The Kier molecular flexibility index (Phi) is 14.2. The molecule has 2 heterocycles. The van der Waals surface area contributed by atoms with Gasteiger partial charge in [0, 0.05) is 32.1 Å². The van der Waals surface area contributed by atoms with Crippen molar-refractivity contribution in [3.8, 4) is 11.1 Å². The van der Waals surface area contributed by atoms with Crippen LogP contribution in [0.1, 0.15) is 102 Å². The van der Waals surface area contributed by atoms with Crippen LogP contribution in [0.4, 0.5) is 5.69 Å². The molecule has 1 aliphatic heterocycles. The third kappa shape index (κ3) is 10.3. The highest BCUT2D eigenvalue weighted by atomic mass is 16.5. The van der Waals surface area contributed by atoms with Crippen molar-refractivity contribution in [1.29, 1.82) is 0 Å². The minimum absolute atomic E-state index is 0.134. The molecular weight excluding hydrogens is 598 g/mol. The Bertz CT molecular complexity index is 1580. The quantitative estimate of drug-likeness (QED) is 0.0757. The van der Waals surface area contributed by atoms with E-state index in [1.807, 2.05) is 24.3 Å². The number of esters is 1. The van der Waals surface area contributed by atoms with Crippen molar-refractivity contribution < 1.29 is 13.9 Å². The van der Waals surface area contributed by atoms with Crippen molar-refractivity contribution >= 4 is 22.8 Å². The predicted molar refractivity (Wildman–Crippen MR) is 196 cm³/mol.